The third kappa shape index (κ3) is 4.92. The number of benzene rings is 2. The van der Waals surface area contributed by atoms with E-state index in [9.17, 15) is 4.79 Å². The van der Waals surface area contributed by atoms with E-state index in [1.165, 1.54) is 19.3 Å². The Hall–Kier alpha value is -2.29. The van der Waals surface area contributed by atoms with Gasteiger partial charge >= 0.3 is 0 Å². The highest BCUT2D eigenvalue weighted by atomic mass is 16.1. The van der Waals surface area contributed by atoms with E-state index in [1.54, 1.807) is 0 Å². The van der Waals surface area contributed by atoms with E-state index < -0.39 is 0 Å². The first-order valence-electron chi connectivity index (χ1n) is 7.91. The van der Waals surface area contributed by atoms with Gasteiger partial charge in [-0.05, 0) is 49.7 Å². The topological polar surface area (TPSA) is 41.1 Å². The van der Waals surface area contributed by atoms with Crippen molar-refractivity contribution in [2.75, 3.05) is 17.2 Å². The number of anilines is 2. The largest absolute Gasteiger partial charge is 0.385 e. The van der Waals surface area contributed by atoms with Crippen LogP contribution >= 0.6 is 0 Å². The molecule has 2 aromatic carbocycles. The van der Waals surface area contributed by atoms with Crippen LogP contribution in [0.3, 0.4) is 0 Å². The summed E-state index contributed by atoms with van der Waals surface area (Å²) in [4.78, 5) is 12.1. The first-order chi connectivity index (χ1) is 10.7. The lowest BCUT2D eigenvalue weighted by Gasteiger charge is -2.08. The molecule has 0 radical (unpaired) electrons. The summed E-state index contributed by atoms with van der Waals surface area (Å²) in [5, 5.41) is 6.30. The number of hydrogen-bond acceptors (Lipinski definition) is 2. The van der Waals surface area contributed by atoms with Gasteiger partial charge in [-0.2, -0.15) is 0 Å². The SMILES string of the molecule is CCCCCNc1ccc(NC(=O)c2ccc(C)cc2)cc1. The minimum atomic E-state index is -0.0799. The van der Waals surface area contributed by atoms with Crippen LogP contribution in [0.15, 0.2) is 48.5 Å². The molecule has 0 atom stereocenters. The molecular formula is C19H24N2O. The number of amides is 1. The molecule has 0 fully saturated rings. The molecule has 22 heavy (non-hydrogen) atoms. The van der Waals surface area contributed by atoms with Crippen LogP contribution in [0.2, 0.25) is 0 Å². The molecule has 2 N–H and O–H groups in total. The van der Waals surface area contributed by atoms with E-state index in [0.717, 1.165) is 23.5 Å². The highest BCUT2D eigenvalue weighted by molar-refractivity contribution is 6.04. The molecule has 0 heterocycles. The van der Waals surface area contributed by atoms with Crippen LogP contribution in [0.4, 0.5) is 11.4 Å². The second-order valence-electron chi connectivity index (χ2n) is 5.53. The zero-order valence-electron chi connectivity index (χ0n) is 13.4. The molecule has 2 rings (SSSR count). The first kappa shape index (κ1) is 16.1. The Bertz CT molecular complexity index is 588. The van der Waals surface area contributed by atoms with Gasteiger partial charge in [-0.15, -0.1) is 0 Å². The Kier molecular flexibility index (Phi) is 6.01. The molecule has 3 nitrogen and oxygen atoms in total. The molecule has 3 heteroatoms. The van der Waals surface area contributed by atoms with E-state index in [-0.39, 0.29) is 5.91 Å². The Morgan fingerprint density at radius 3 is 2.18 bits per heavy atom. The fourth-order valence-electron chi connectivity index (χ4n) is 2.19. The quantitative estimate of drug-likeness (QED) is 0.717. The summed E-state index contributed by atoms with van der Waals surface area (Å²) in [7, 11) is 0. The molecule has 0 unspecified atom stereocenters. The molecule has 0 bridgehead atoms. The van der Waals surface area contributed by atoms with Crippen molar-refractivity contribution in [2.45, 2.75) is 33.1 Å². The van der Waals surface area contributed by atoms with Crippen molar-refractivity contribution >= 4 is 17.3 Å². The molecule has 2 aromatic rings. The summed E-state index contributed by atoms with van der Waals surface area (Å²) in [6, 6.07) is 15.4. The Morgan fingerprint density at radius 2 is 1.55 bits per heavy atom. The highest BCUT2D eigenvalue weighted by Crippen LogP contribution is 2.15. The van der Waals surface area contributed by atoms with Gasteiger partial charge in [0.25, 0.3) is 5.91 Å². The van der Waals surface area contributed by atoms with Crippen LogP contribution < -0.4 is 10.6 Å². The van der Waals surface area contributed by atoms with Crippen molar-refractivity contribution in [2.24, 2.45) is 0 Å². The normalized spacial score (nSPS) is 10.3. The number of hydrogen-bond donors (Lipinski definition) is 2. The summed E-state index contributed by atoms with van der Waals surface area (Å²) in [5.74, 6) is -0.0799. The summed E-state index contributed by atoms with van der Waals surface area (Å²) in [6.07, 6.45) is 3.66. The van der Waals surface area contributed by atoms with Crippen molar-refractivity contribution in [3.8, 4) is 0 Å². The van der Waals surface area contributed by atoms with Gasteiger partial charge in [0.05, 0.1) is 0 Å². The van der Waals surface area contributed by atoms with Crippen molar-refractivity contribution in [3.63, 3.8) is 0 Å². The molecule has 0 aliphatic rings. The summed E-state index contributed by atoms with van der Waals surface area (Å²) in [6.45, 7) is 5.20. The van der Waals surface area contributed by atoms with Gasteiger partial charge in [-0.25, -0.2) is 0 Å². The predicted octanol–water partition coefficient (Wildman–Crippen LogP) is 4.85. The number of nitrogens with one attached hydrogen (secondary N) is 2. The maximum atomic E-state index is 12.1. The smallest absolute Gasteiger partial charge is 0.255 e. The van der Waals surface area contributed by atoms with Crippen LogP contribution in [-0.4, -0.2) is 12.5 Å². The van der Waals surface area contributed by atoms with E-state index in [2.05, 4.69) is 17.6 Å². The number of unbranched alkanes of at least 4 members (excludes halogenated alkanes) is 2. The number of aryl methyl sites for hydroxylation is 1. The number of carbonyl (C=O) groups is 1. The van der Waals surface area contributed by atoms with E-state index >= 15 is 0 Å². The molecule has 0 spiro atoms. The van der Waals surface area contributed by atoms with Gasteiger partial charge < -0.3 is 10.6 Å². The molecule has 0 aromatic heterocycles. The molecular weight excluding hydrogens is 272 g/mol. The fourth-order valence-corrected chi connectivity index (χ4v) is 2.19. The maximum absolute atomic E-state index is 12.1. The van der Waals surface area contributed by atoms with Crippen molar-refractivity contribution < 1.29 is 4.79 Å². The Balaban J connectivity index is 1.88. The molecule has 1 amide bonds. The third-order valence-corrected chi connectivity index (χ3v) is 3.57. The minimum Gasteiger partial charge on any atom is -0.385 e. The third-order valence-electron chi connectivity index (χ3n) is 3.57. The number of carbonyl (C=O) groups excluding carboxylic acids is 1. The van der Waals surface area contributed by atoms with Crippen LogP contribution in [0, 0.1) is 6.92 Å². The van der Waals surface area contributed by atoms with Gasteiger partial charge in [-0.3, -0.25) is 4.79 Å². The van der Waals surface area contributed by atoms with Crippen LogP contribution in [-0.2, 0) is 0 Å². The standard InChI is InChI=1S/C19H24N2O/c1-3-4-5-14-20-17-10-12-18(13-11-17)21-19(22)16-8-6-15(2)7-9-16/h6-13,20H,3-5,14H2,1-2H3,(H,21,22). The summed E-state index contributed by atoms with van der Waals surface area (Å²) >= 11 is 0. The van der Waals surface area contributed by atoms with Crippen molar-refractivity contribution in [1.29, 1.82) is 0 Å². The van der Waals surface area contributed by atoms with Gasteiger partial charge in [0.2, 0.25) is 0 Å². The van der Waals surface area contributed by atoms with Crippen LogP contribution in [0.25, 0.3) is 0 Å². The first-order valence-corrected chi connectivity index (χ1v) is 7.91. The van der Waals surface area contributed by atoms with E-state index in [1.807, 2.05) is 55.5 Å². The Morgan fingerprint density at radius 1 is 0.909 bits per heavy atom. The van der Waals surface area contributed by atoms with Crippen molar-refractivity contribution in [3.05, 3.63) is 59.7 Å². The zero-order valence-corrected chi connectivity index (χ0v) is 13.4. The monoisotopic (exact) mass is 296 g/mol. The average Bonchev–Trinajstić information content (AvgIpc) is 2.54. The lowest BCUT2D eigenvalue weighted by Crippen LogP contribution is -2.11. The van der Waals surface area contributed by atoms with Crippen LogP contribution in [0.5, 0.6) is 0 Å². The predicted molar refractivity (Wildman–Crippen MR) is 93.6 cm³/mol. The van der Waals surface area contributed by atoms with Crippen molar-refractivity contribution in [1.82, 2.24) is 0 Å². The fraction of sp³-hybridized carbons (Fsp3) is 0.316. The zero-order chi connectivity index (χ0) is 15.8. The minimum absolute atomic E-state index is 0.0799. The average molecular weight is 296 g/mol. The second kappa shape index (κ2) is 8.23. The van der Waals surface area contributed by atoms with Gasteiger partial charge in [0.15, 0.2) is 0 Å². The van der Waals surface area contributed by atoms with Gasteiger partial charge in [0, 0.05) is 23.5 Å². The molecule has 0 saturated heterocycles. The molecule has 0 aliphatic heterocycles. The summed E-state index contributed by atoms with van der Waals surface area (Å²) < 4.78 is 0. The molecule has 116 valence electrons. The van der Waals surface area contributed by atoms with E-state index in [0.29, 0.717) is 5.56 Å². The molecule has 0 saturated carbocycles. The number of rotatable bonds is 7. The van der Waals surface area contributed by atoms with E-state index in [4.69, 9.17) is 0 Å². The second-order valence-corrected chi connectivity index (χ2v) is 5.53. The van der Waals surface area contributed by atoms with Crippen LogP contribution in [0.1, 0.15) is 42.1 Å². The lowest BCUT2D eigenvalue weighted by atomic mass is 10.1. The van der Waals surface area contributed by atoms with Gasteiger partial charge in [-0.1, -0.05) is 37.5 Å². The lowest BCUT2D eigenvalue weighted by molar-refractivity contribution is 0.102. The Labute approximate surface area is 132 Å². The summed E-state index contributed by atoms with van der Waals surface area (Å²) in [5.41, 5.74) is 3.72. The molecule has 0 aliphatic carbocycles. The maximum Gasteiger partial charge on any atom is 0.255 e. The van der Waals surface area contributed by atoms with Gasteiger partial charge in [0.1, 0.15) is 0 Å². The highest BCUT2D eigenvalue weighted by Gasteiger charge is 2.05.